The zero-order chi connectivity index (χ0) is 16.1. The summed E-state index contributed by atoms with van der Waals surface area (Å²) in [7, 11) is 0. The molecule has 7 heteroatoms. The first-order valence-electron chi connectivity index (χ1n) is 8.55. The first-order valence-corrected chi connectivity index (χ1v) is 8.55. The molecule has 2 aliphatic heterocycles. The van der Waals surface area contributed by atoms with Crippen LogP contribution >= 0.6 is 0 Å². The lowest BCUT2D eigenvalue weighted by atomic mass is 10.1. The van der Waals surface area contributed by atoms with E-state index in [0.717, 1.165) is 31.0 Å². The Balaban J connectivity index is 1.45. The van der Waals surface area contributed by atoms with Crippen molar-refractivity contribution in [3.05, 3.63) is 11.6 Å². The van der Waals surface area contributed by atoms with Gasteiger partial charge >= 0.3 is 0 Å². The minimum Gasteiger partial charge on any atom is -0.339 e. The molecule has 124 valence electrons. The topological polar surface area (TPSA) is 71.3 Å². The van der Waals surface area contributed by atoms with E-state index >= 15 is 0 Å². The van der Waals surface area contributed by atoms with Crippen LogP contribution in [0.5, 0.6) is 0 Å². The van der Waals surface area contributed by atoms with Gasteiger partial charge < -0.3 is 14.4 Å². The summed E-state index contributed by atoms with van der Waals surface area (Å²) in [5, 5.41) is 8.50. The van der Waals surface area contributed by atoms with E-state index in [-0.39, 0.29) is 17.7 Å². The third-order valence-electron chi connectivity index (χ3n) is 5.11. The van der Waals surface area contributed by atoms with Crippen molar-refractivity contribution in [2.75, 3.05) is 13.1 Å². The molecule has 0 aromatic carbocycles. The van der Waals surface area contributed by atoms with E-state index < -0.39 is 0 Å². The molecule has 1 saturated carbocycles. The molecule has 1 aromatic rings. The standard InChI is InChI=1S/C16H23N5O2/c1-10(2)15-18-17-13-9-19(5-6-20(13)15)16(23)11-7-14(22)21(8-11)12-3-4-12/h10-12H,3-9H2,1-2H3/t11-/m1/s1. The quantitative estimate of drug-likeness (QED) is 0.825. The fourth-order valence-electron chi connectivity index (χ4n) is 3.69. The van der Waals surface area contributed by atoms with Gasteiger partial charge in [0, 0.05) is 38.0 Å². The highest BCUT2D eigenvalue weighted by Crippen LogP contribution is 2.33. The van der Waals surface area contributed by atoms with Crippen LogP contribution in [0.2, 0.25) is 0 Å². The Morgan fingerprint density at radius 2 is 2.00 bits per heavy atom. The van der Waals surface area contributed by atoms with Crippen molar-refractivity contribution in [2.45, 2.75) is 58.2 Å². The van der Waals surface area contributed by atoms with Crippen molar-refractivity contribution in [2.24, 2.45) is 5.92 Å². The number of amides is 2. The van der Waals surface area contributed by atoms with Crippen LogP contribution in [0, 0.1) is 5.92 Å². The maximum atomic E-state index is 12.8. The SMILES string of the molecule is CC(C)c1nnc2n1CCN(C(=O)[C@@H]1CC(=O)N(C3CC3)C1)C2. The Kier molecular flexibility index (Phi) is 3.39. The van der Waals surface area contributed by atoms with Crippen molar-refractivity contribution in [3.63, 3.8) is 0 Å². The van der Waals surface area contributed by atoms with Crippen molar-refractivity contribution < 1.29 is 9.59 Å². The molecule has 0 radical (unpaired) electrons. The summed E-state index contributed by atoms with van der Waals surface area (Å²) in [4.78, 5) is 28.6. The monoisotopic (exact) mass is 317 g/mol. The zero-order valence-corrected chi connectivity index (χ0v) is 13.7. The number of fused-ring (bicyclic) bond motifs is 1. The number of rotatable bonds is 3. The van der Waals surface area contributed by atoms with E-state index in [1.165, 1.54) is 0 Å². The largest absolute Gasteiger partial charge is 0.339 e. The average molecular weight is 317 g/mol. The Labute approximate surface area is 135 Å². The second-order valence-electron chi connectivity index (χ2n) is 7.22. The molecule has 7 nitrogen and oxygen atoms in total. The molecule has 0 spiro atoms. The number of carbonyl (C=O) groups is 2. The molecule has 0 bridgehead atoms. The highest BCUT2D eigenvalue weighted by atomic mass is 16.2. The smallest absolute Gasteiger partial charge is 0.228 e. The van der Waals surface area contributed by atoms with Gasteiger partial charge in [0.25, 0.3) is 0 Å². The fourth-order valence-corrected chi connectivity index (χ4v) is 3.69. The number of nitrogens with zero attached hydrogens (tertiary/aromatic N) is 5. The van der Waals surface area contributed by atoms with Crippen molar-refractivity contribution in [3.8, 4) is 0 Å². The van der Waals surface area contributed by atoms with Crippen molar-refractivity contribution in [1.82, 2.24) is 24.6 Å². The van der Waals surface area contributed by atoms with Crippen LogP contribution < -0.4 is 0 Å². The van der Waals surface area contributed by atoms with E-state index in [1.54, 1.807) is 0 Å². The molecule has 2 fully saturated rings. The van der Waals surface area contributed by atoms with Gasteiger partial charge in [-0.25, -0.2) is 0 Å². The molecule has 1 aliphatic carbocycles. The van der Waals surface area contributed by atoms with Crippen molar-refractivity contribution >= 4 is 11.8 Å². The molecular weight excluding hydrogens is 294 g/mol. The summed E-state index contributed by atoms with van der Waals surface area (Å²) in [5.74, 6) is 2.25. The minimum atomic E-state index is -0.179. The minimum absolute atomic E-state index is 0.0989. The summed E-state index contributed by atoms with van der Waals surface area (Å²) < 4.78 is 2.13. The predicted molar refractivity (Wildman–Crippen MR) is 82.4 cm³/mol. The van der Waals surface area contributed by atoms with Crippen LogP contribution in [0.15, 0.2) is 0 Å². The molecule has 1 saturated heterocycles. The van der Waals surface area contributed by atoms with E-state index in [1.807, 2.05) is 9.80 Å². The maximum Gasteiger partial charge on any atom is 0.228 e. The van der Waals surface area contributed by atoms with Gasteiger partial charge in [-0.1, -0.05) is 13.8 Å². The lowest BCUT2D eigenvalue weighted by Crippen LogP contribution is -2.42. The lowest BCUT2D eigenvalue weighted by molar-refractivity contribution is -0.137. The molecule has 2 amide bonds. The Morgan fingerprint density at radius 3 is 2.70 bits per heavy atom. The van der Waals surface area contributed by atoms with E-state index in [2.05, 4.69) is 28.6 Å². The van der Waals surface area contributed by atoms with Gasteiger partial charge in [0.15, 0.2) is 5.82 Å². The van der Waals surface area contributed by atoms with Gasteiger partial charge in [-0.15, -0.1) is 10.2 Å². The molecule has 1 atom stereocenters. The normalized spacial score (nSPS) is 24.5. The van der Waals surface area contributed by atoms with Crippen LogP contribution in [0.25, 0.3) is 0 Å². The van der Waals surface area contributed by atoms with Gasteiger partial charge in [-0.2, -0.15) is 0 Å². The summed E-state index contributed by atoms with van der Waals surface area (Å²) in [6, 6.07) is 0.401. The first kappa shape index (κ1) is 14.7. The van der Waals surface area contributed by atoms with Crippen molar-refractivity contribution in [1.29, 1.82) is 0 Å². The van der Waals surface area contributed by atoms with Crippen LogP contribution in [-0.2, 0) is 22.7 Å². The van der Waals surface area contributed by atoms with Gasteiger partial charge in [0.05, 0.1) is 12.5 Å². The highest BCUT2D eigenvalue weighted by Gasteiger charge is 2.43. The summed E-state index contributed by atoms with van der Waals surface area (Å²) in [5.41, 5.74) is 0. The number of carbonyl (C=O) groups excluding carboxylic acids is 2. The van der Waals surface area contributed by atoms with Crippen LogP contribution in [0.3, 0.4) is 0 Å². The predicted octanol–water partition coefficient (Wildman–Crippen LogP) is 0.755. The van der Waals surface area contributed by atoms with Gasteiger partial charge in [-0.3, -0.25) is 9.59 Å². The number of hydrogen-bond donors (Lipinski definition) is 0. The first-order chi connectivity index (χ1) is 11.0. The fraction of sp³-hybridized carbons (Fsp3) is 0.750. The summed E-state index contributed by atoms with van der Waals surface area (Å²) in [6.45, 7) is 6.73. The van der Waals surface area contributed by atoms with E-state index in [9.17, 15) is 9.59 Å². The van der Waals surface area contributed by atoms with E-state index in [4.69, 9.17) is 0 Å². The van der Waals surface area contributed by atoms with Gasteiger partial charge in [0.2, 0.25) is 11.8 Å². The van der Waals surface area contributed by atoms with Gasteiger partial charge in [-0.05, 0) is 12.8 Å². The lowest BCUT2D eigenvalue weighted by Gasteiger charge is -2.30. The third-order valence-corrected chi connectivity index (χ3v) is 5.11. The second kappa shape index (κ2) is 5.32. The van der Waals surface area contributed by atoms with Crippen LogP contribution in [-0.4, -0.2) is 55.5 Å². The molecule has 0 N–H and O–H groups in total. The molecule has 4 rings (SSSR count). The average Bonchev–Trinajstić information content (AvgIpc) is 3.16. The molecular formula is C16H23N5O2. The highest BCUT2D eigenvalue weighted by molar-refractivity contribution is 5.89. The van der Waals surface area contributed by atoms with Crippen LogP contribution in [0.4, 0.5) is 0 Å². The third kappa shape index (κ3) is 2.52. The van der Waals surface area contributed by atoms with E-state index in [0.29, 0.717) is 38.0 Å². The number of likely N-dealkylation sites (tertiary alicyclic amines) is 1. The summed E-state index contributed by atoms with van der Waals surface area (Å²) in [6.07, 6.45) is 2.56. The maximum absolute atomic E-state index is 12.8. The molecule has 3 aliphatic rings. The Bertz CT molecular complexity index is 649. The second-order valence-corrected chi connectivity index (χ2v) is 7.22. The Morgan fingerprint density at radius 1 is 1.22 bits per heavy atom. The molecule has 3 heterocycles. The van der Waals surface area contributed by atoms with Crippen LogP contribution in [0.1, 0.15) is 50.7 Å². The van der Waals surface area contributed by atoms with Gasteiger partial charge in [0.1, 0.15) is 5.82 Å². The molecule has 1 aromatic heterocycles. The number of aromatic nitrogens is 3. The number of hydrogen-bond acceptors (Lipinski definition) is 4. The zero-order valence-electron chi connectivity index (χ0n) is 13.7. The summed E-state index contributed by atoms with van der Waals surface area (Å²) >= 11 is 0. The molecule has 0 unspecified atom stereocenters. The Hall–Kier alpha value is -1.92. The molecule has 23 heavy (non-hydrogen) atoms.